The molecule has 0 heterocycles. The van der Waals surface area contributed by atoms with Crippen LogP contribution in [0.3, 0.4) is 0 Å². The fourth-order valence-electron chi connectivity index (χ4n) is 6.71. The molecule has 4 heteroatoms. The van der Waals surface area contributed by atoms with E-state index in [9.17, 15) is 18.8 Å². The Morgan fingerprint density at radius 3 is 2.56 bits per heavy atom. The molecule has 0 spiro atoms. The second kappa shape index (κ2) is 5.21. The lowest BCUT2D eigenvalue weighted by Gasteiger charge is -2.59. The molecule has 4 rings (SSSR count). The molecular weight excluding hydrogens is 319 g/mol. The molecule has 4 aliphatic carbocycles. The molecule has 0 aliphatic heterocycles. The van der Waals surface area contributed by atoms with Crippen LogP contribution in [0.4, 0.5) is 4.39 Å². The summed E-state index contributed by atoms with van der Waals surface area (Å²) < 4.78 is 13.8. The summed E-state index contributed by atoms with van der Waals surface area (Å²) in [5, 5.41) is 0. The van der Waals surface area contributed by atoms with Gasteiger partial charge in [-0.1, -0.05) is 19.4 Å². The predicted octanol–water partition coefficient (Wildman–Crippen LogP) is 3.98. The summed E-state index contributed by atoms with van der Waals surface area (Å²) in [5.74, 6) is -0.613. The standard InChI is InChI=1S/C21H25FO3/c1-11-8-16(23)19(25)18-12(10-22)9-13-14-4-5-17(24)20(14,2)7-6-15(13)21(11,18)3/h8,10,13-15,18H,4-7,9H2,1-3H3/t13-,14-,15-,18?,20-,21+/m0/s1. The molecular formula is C21H25FO3. The summed E-state index contributed by atoms with van der Waals surface area (Å²) in [6.07, 6.45) is 5.71. The van der Waals surface area contributed by atoms with Gasteiger partial charge < -0.3 is 0 Å². The van der Waals surface area contributed by atoms with Crippen LogP contribution in [0.1, 0.15) is 52.9 Å². The monoisotopic (exact) mass is 344 g/mol. The van der Waals surface area contributed by atoms with Crippen LogP contribution in [0.15, 0.2) is 23.6 Å². The van der Waals surface area contributed by atoms with E-state index in [0.717, 1.165) is 24.8 Å². The third kappa shape index (κ3) is 1.94. The third-order valence-electron chi connectivity index (χ3n) is 8.20. The molecule has 0 aromatic carbocycles. The van der Waals surface area contributed by atoms with Crippen LogP contribution in [-0.2, 0) is 14.4 Å². The fraction of sp³-hybridized carbons (Fsp3) is 0.667. The largest absolute Gasteiger partial charge is 0.299 e. The number of Topliss-reactive ketones (excluding diaryl/α,β-unsaturated/α-hetero) is 2. The normalized spacial score (nSPS) is 48.1. The Kier molecular flexibility index (Phi) is 3.52. The maximum Gasteiger partial charge on any atom is 0.222 e. The van der Waals surface area contributed by atoms with Gasteiger partial charge in [0, 0.05) is 17.3 Å². The van der Waals surface area contributed by atoms with Gasteiger partial charge in [0.1, 0.15) is 5.78 Å². The Balaban J connectivity index is 1.85. The van der Waals surface area contributed by atoms with Gasteiger partial charge in [0.25, 0.3) is 0 Å². The van der Waals surface area contributed by atoms with Crippen molar-refractivity contribution in [1.82, 2.24) is 0 Å². The van der Waals surface area contributed by atoms with E-state index in [2.05, 4.69) is 6.92 Å². The second-order valence-corrected chi connectivity index (χ2v) is 8.95. The first-order valence-corrected chi connectivity index (χ1v) is 9.34. The highest BCUT2D eigenvalue weighted by atomic mass is 19.1. The number of carbonyl (C=O) groups excluding carboxylic acids is 3. The average molecular weight is 344 g/mol. The van der Waals surface area contributed by atoms with Crippen molar-refractivity contribution in [1.29, 1.82) is 0 Å². The first-order valence-electron chi connectivity index (χ1n) is 9.34. The van der Waals surface area contributed by atoms with Crippen LogP contribution >= 0.6 is 0 Å². The molecule has 1 unspecified atom stereocenters. The van der Waals surface area contributed by atoms with Gasteiger partial charge in [0.05, 0.1) is 12.2 Å². The highest BCUT2D eigenvalue weighted by Gasteiger charge is 2.63. The van der Waals surface area contributed by atoms with E-state index in [0.29, 0.717) is 30.5 Å². The number of allylic oxidation sites excluding steroid dienone is 3. The Bertz CT molecular complexity index is 748. The minimum Gasteiger partial charge on any atom is -0.299 e. The Morgan fingerprint density at radius 2 is 1.88 bits per heavy atom. The zero-order chi connectivity index (χ0) is 18.1. The van der Waals surface area contributed by atoms with Crippen LogP contribution in [0, 0.1) is 34.5 Å². The van der Waals surface area contributed by atoms with Gasteiger partial charge in [-0.3, -0.25) is 14.4 Å². The van der Waals surface area contributed by atoms with Crippen molar-refractivity contribution in [3.8, 4) is 0 Å². The van der Waals surface area contributed by atoms with Crippen molar-refractivity contribution in [3.63, 3.8) is 0 Å². The Labute approximate surface area is 147 Å². The van der Waals surface area contributed by atoms with E-state index in [4.69, 9.17) is 0 Å². The molecule has 6 atom stereocenters. The zero-order valence-electron chi connectivity index (χ0n) is 15.1. The molecule has 0 aromatic rings. The van der Waals surface area contributed by atoms with Crippen LogP contribution in [-0.4, -0.2) is 17.3 Å². The highest BCUT2D eigenvalue weighted by molar-refractivity contribution is 6.44. The number of rotatable bonds is 0. The molecule has 0 N–H and O–H groups in total. The molecule has 134 valence electrons. The highest BCUT2D eigenvalue weighted by Crippen LogP contribution is 2.66. The second-order valence-electron chi connectivity index (χ2n) is 8.95. The quantitative estimate of drug-likeness (QED) is 0.625. The molecule has 0 bridgehead atoms. The molecule has 0 amide bonds. The summed E-state index contributed by atoms with van der Waals surface area (Å²) in [4.78, 5) is 37.2. The van der Waals surface area contributed by atoms with Crippen molar-refractivity contribution >= 4 is 17.3 Å². The minimum absolute atomic E-state index is 0.206. The molecule has 4 aliphatic rings. The Morgan fingerprint density at radius 1 is 1.16 bits per heavy atom. The van der Waals surface area contributed by atoms with Crippen LogP contribution in [0.5, 0.6) is 0 Å². The molecule has 0 radical (unpaired) electrons. The molecule has 0 saturated heterocycles. The van der Waals surface area contributed by atoms with Gasteiger partial charge in [0.2, 0.25) is 11.6 Å². The number of hydrogen-bond acceptors (Lipinski definition) is 3. The Hall–Kier alpha value is -1.58. The van der Waals surface area contributed by atoms with Crippen molar-refractivity contribution in [2.45, 2.75) is 52.9 Å². The average Bonchev–Trinajstić information content (AvgIpc) is 2.88. The molecule has 3 nitrogen and oxygen atoms in total. The van der Waals surface area contributed by atoms with Crippen LogP contribution in [0.2, 0.25) is 0 Å². The summed E-state index contributed by atoms with van der Waals surface area (Å²) >= 11 is 0. The lowest BCUT2D eigenvalue weighted by Crippen LogP contribution is -2.57. The summed E-state index contributed by atoms with van der Waals surface area (Å²) in [6, 6.07) is 0. The smallest absolute Gasteiger partial charge is 0.222 e. The molecule has 0 aromatic heterocycles. The fourth-order valence-corrected chi connectivity index (χ4v) is 6.71. The van der Waals surface area contributed by atoms with E-state index >= 15 is 0 Å². The van der Waals surface area contributed by atoms with Gasteiger partial charge >= 0.3 is 0 Å². The third-order valence-corrected chi connectivity index (χ3v) is 8.20. The number of halogens is 1. The maximum atomic E-state index is 13.8. The van der Waals surface area contributed by atoms with Gasteiger partial charge in [-0.15, -0.1) is 0 Å². The van der Waals surface area contributed by atoms with Gasteiger partial charge in [-0.05, 0) is 62.0 Å². The van der Waals surface area contributed by atoms with Crippen molar-refractivity contribution in [2.24, 2.45) is 34.5 Å². The van der Waals surface area contributed by atoms with Crippen LogP contribution < -0.4 is 0 Å². The number of ketones is 3. The number of fused-ring (bicyclic) bond motifs is 5. The number of carbonyl (C=O) groups is 3. The molecule has 3 saturated carbocycles. The first kappa shape index (κ1) is 16.9. The van der Waals surface area contributed by atoms with E-state index in [1.54, 1.807) is 0 Å². The van der Waals surface area contributed by atoms with Gasteiger partial charge in [0.15, 0.2) is 0 Å². The SMILES string of the molecule is CC1=CC(=O)C(=O)C2C(=CF)C[C@@H]3[C@H](CC[C@]4(C)C(=O)CC[C@@H]34)[C@@]12C. The minimum atomic E-state index is -0.669. The molecule has 3 fully saturated rings. The van der Waals surface area contributed by atoms with Crippen molar-refractivity contribution < 1.29 is 18.8 Å². The predicted molar refractivity (Wildman–Crippen MR) is 91.2 cm³/mol. The number of hydrogen-bond donors (Lipinski definition) is 0. The lowest BCUT2D eigenvalue weighted by atomic mass is 9.44. The van der Waals surface area contributed by atoms with E-state index in [1.165, 1.54) is 6.08 Å². The molecule has 25 heavy (non-hydrogen) atoms. The maximum absolute atomic E-state index is 13.8. The lowest BCUT2D eigenvalue weighted by molar-refractivity contribution is -0.145. The van der Waals surface area contributed by atoms with E-state index in [1.807, 2.05) is 13.8 Å². The summed E-state index contributed by atoms with van der Waals surface area (Å²) in [5.41, 5.74) is 0.540. The van der Waals surface area contributed by atoms with Crippen molar-refractivity contribution in [3.05, 3.63) is 23.6 Å². The summed E-state index contributed by atoms with van der Waals surface area (Å²) in [7, 11) is 0. The van der Waals surface area contributed by atoms with Crippen LogP contribution in [0.25, 0.3) is 0 Å². The van der Waals surface area contributed by atoms with Gasteiger partial charge in [-0.25, -0.2) is 4.39 Å². The zero-order valence-corrected chi connectivity index (χ0v) is 15.1. The van der Waals surface area contributed by atoms with E-state index in [-0.39, 0.29) is 23.2 Å². The summed E-state index contributed by atoms with van der Waals surface area (Å²) in [6.45, 7) is 6.02. The first-order chi connectivity index (χ1) is 11.7. The van der Waals surface area contributed by atoms with Crippen molar-refractivity contribution in [2.75, 3.05) is 0 Å². The topological polar surface area (TPSA) is 51.2 Å². The van der Waals surface area contributed by atoms with E-state index < -0.39 is 22.9 Å². The van der Waals surface area contributed by atoms with Gasteiger partial charge in [-0.2, -0.15) is 0 Å².